The van der Waals surface area contributed by atoms with E-state index < -0.39 is 11.9 Å². The molecular formula is C17H28N2O8. The Balaban J connectivity index is 0.000000541. The van der Waals surface area contributed by atoms with Crippen LogP contribution >= 0.6 is 0 Å². The molecule has 154 valence electrons. The van der Waals surface area contributed by atoms with Gasteiger partial charge in [0.1, 0.15) is 6.10 Å². The van der Waals surface area contributed by atoms with Gasteiger partial charge < -0.3 is 29.1 Å². The molecule has 1 N–H and O–H groups in total. The highest BCUT2D eigenvalue weighted by Crippen LogP contribution is 2.12. The van der Waals surface area contributed by atoms with Crippen molar-refractivity contribution >= 4 is 24.3 Å². The number of hydrogen-bond acceptors (Lipinski definition) is 7. The topological polar surface area (TPSA) is 123 Å². The van der Waals surface area contributed by atoms with Crippen LogP contribution in [-0.2, 0) is 33.4 Å². The SMILES string of the molecule is CC(=O)N1CCC(OC(=O)/C=C/C(=O)O)C1.COCCN(C=O)CCOC. The van der Waals surface area contributed by atoms with E-state index >= 15 is 0 Å². The third-order valence-corrected chi connectivity index (χ3v) is 3.55. The Labute approximate surface area is 158 Å². The van der Waals surface area contributed by atoms with Gasteiger partial charge in [0, 0.05) is 59.4 Å². The molecule has 2 amide bonds. The molecule has 0 aromatic carbocycles. The fraction of sp³-hybridized carbons (Fsp3) is 0.647. The number of methoxy groups -OCH3 is 2. The minimum absolute atomic E-state index is 0.0559. The first-order valence-electron chi connectivity index (χ1n) is 8.38. The minimum atomic E-state index is -1.20. The number of carbonyl (C=O) groups is 4. The van der Waals surface area contributed by atoms with Gasteiger partial charge in [-0.15, -0.1) is 0 Å². The molecule has 1 rings (SSSR count). The molecule has 0 spiro atoms. The summed E-state index contributed by atoms with van der Waals surface area (Å²) in [7, 11) is 3.22. The summed E-state index contributed by atoms with van der Waals surface area (Å²) < 4.78 is 14.6. The number of carbonyl (C=O) groups excluding carboxylic acids is 3. The van der Waals surface area contributed by atoms with Crippen LogP contribution in [0.5, 0.6) is 0 Å². The Morgan fingerprint density at radius 3 is 2.15 bits per heavy atom. The molecule has 0 radical (unpaired) electrons. The first-order valence-corrected chi connectivity index (χ1v) is 8.38. The summed E-state index contributed by atoms with van der Waals surface area (Å²) in [6.45, 7) is 4.80. The number of aliphatic carboxylic acids is 1. The summed E-state index contributed by atoms with van der Waals surface area (Å²) in [4.78, 5) is 45.8. The molecule has 0 aliphatic carbocycles. The number of carboxylic acids is 1. The quantitative estimate of drug-likeness (QED) is 0.303. The first kappa shape index (κ1) is 24.5. The molecule has 1 fully saturated rings. The summed E-state index contributed by atoms with van der Waals surface area (Å²) >= 11 is 0. The molecule has 0 aromatic rings. The highest BCUT2D eigenvalue weighted by molar-refractivity contribution is 5.90. The van der Waals surface area contributed by atoms with Gasteiger partial charge in [-0.2, -0.15) is 0 Å². The number of esters is 1. The molecule has 1 heterocycles. The van der Waals surface area contributed by atoms with Crippen LogP contribution in [0.2, 0.25) is 0 Å². The van der Waals surface area contributed by atoms with E-state index in [9.17, 15) is 19.2 Å². The van der Waals surface area contributed by atoms with Gasteiger partial charge in [-0.3, -0.25) is 9.59 Å². The second-order valence-electron chi connectivity index (χ2n) is 5.61. The molecule has 1 aliphatic rings. The number of carboxylic acid groups (broad SMARTS) is 1. The number of amides is 2. The Hall–Kier alpha value is -2.46. The van der Waals surface area contributed by atoms with Gasteiger partial charge in [0.25, 0.3) is 0 Å². The largest absolute Gasteiger partial charge is 0.478 e. The Kier molecular flexibility index (Phi) is 13.3. The monoisotopic (exact) mass is 388 g/mol. The van der Waals surface area contributed by atoms with Crippen molar-refractivity contribution in [3.63, 3.8) is 0 Å². The van der Waals surface area contributed by atoms with Gasteiger partial charge in [0.05, 0.1) is 19.8 Å². The van der Waals surface area contributed by atoms with Gasteiger partial charge in [0.2, 0.25) is 12.3 Å². The maximum Gasteiger partial charge on any atom is 0.331 e. The third-order valence-electron chi connectivity index (χ3n) is 3.55. The normalized spacial score (nSPS) is 15.8. The molecule has 1 aliphatic heterocycles. The Morgan fingerprint density at radius 1 is 1.15 bits per heavy atom. The van der Waals surface area contributed by atoms with Crippen LogP contribution in [0, 0.1) is 0 Å². The van der Waals surface area contributed by atoms with Crippen molar-refractivity contribution < 1.29 is 38.5 Å². The maximum atomic E-state index is 11.1. The first-order chi connectivity index (χ1) is 12.8. The van der Waals surface area contributed by atoms with Crippen LogP contribution in [0.15, 0.2) is 12.2 Å². The van der Waals surface area contributed by atoms with Crippen molar-refractivity contribution in [2.75, 3.05) is 53.6 Å². The predicted molar refractivity (Wildman–Crippen MR) is 94.9 cm³/mol. The lowest BCUT2D eigenvalue weighted by Crippen LogP contribution is -2.29. The smallest absolute Gasteiger partial charge is 0.331 e. The van der Waals surface area contributed by atoms with Crippen molar-refractivity contribution in [3.05, 3.63) is 12.2 Å². The van der Waals surface area contributed by atoms with Crippen molar-refractivity contribution in [1.82, 2.24) is 9.80 Å². The van der Waals surface area contributed by atoms with E-state index in [1.54, 1.807) is 24.0 Å². The molecular weight excluding hydrogens is 360 g/mol. The van der Waals surface area contributed by atoms with E-state index in [4.69, 9.17) is 19.3 Å². The van der Waals surface area contributed by atoms with Crippen LogP contribution in [0.25, 0.3) is 0 Å². The third kappa shape index (κ3) is 12.5. The molecule has 0 bridgehead atoms. The number of likely N-dealkylation sites (tertiary alicyclic amines) is 1. The zero-order valence-electron chi connectivity index (χ0n) is 16.0. The fourth-order valence-electron chi connectivity index (χ4n) is 2.09. The average Bonchev–Trinajstić information content (AvgIpc) is 3.09. The lowest BCUT2D eigenvalue weighted by atomic mass is 10.3. The van der Waals surface area contributed by atoms with Gasteiger partial charge >= 0.3 is 11.9 Å². The number of nitrogens with zero attached hydrogens (tertiary/aromatic N) is 2. The van der Waals surface area contributed by atoms with Crippen LogP contribution in [0.4, 0.5) is 0 Å². The molecule has 0 saturated carbocycles. The van der Waals surface area contributed by atoms with E-state index in [1.165, 1.54) is 6.92 Å². The standard InChI is InChI=1S/C10H13NO5.C7H15NO3/c1-7(12)11-5-4-8(6-11)16-10(15)3-2-9(13)14;1-10-5-3-8(7-9)4-6-11-2/h2-3,8H,4-6H2,1H3,(H,13,14);7H,3-6H2,1-2H3/b3-2+;. The minimum Gasteiger partial charge on any atom is -0.478 e. The molecule has 27 heavy (non-hydrogen) atoms. The van der Waals surface area contributed by atoms with E-state index in [1.807, 2.05) is 0 Å². The lowest BCUT2D eigenvalue weighted by Gasteiger charge is -2.15. The molecule has 10 nitrogen and oxygen atoms in total. The van der Waals surface area contributed by atoms with Crippen molar-refractivity contribution in [1.29, 1.82) is 0 Å². The van der Waals surface area contributed by atoms with E-state index in [2.05, 4.69) is 0 Å². The van der Waals surface area contributed by atoms with Gasteiger partial charge in [-0.05, 0) is 0 Å². The second-order valence-corrected chi connectivity index (χ2v) is 5.61. The molecule has 1 atom stereocenters. The van der Waals surface area contributed by atoms with Crippen molar-refractivity contribution in [2.45, 2.75) is 19.4 Å². The van der Waals surface area contributed by atoms with E-state index in [0.717, 1.165) is 18.6 Å². The van der Waals surface area contributed by atoms with E-state index in [0.29, 0.717) is 45.8 Å². The highest BCUT2D eigenvalue weighted by atomic mass is 16.5. The number of ether oxygens (including phenoxy) is 3. The Morgan fingerprint density at radius 2 is 1.74 bits per heavy atom. The summed E-state index contributed by atoms with van der Waals surface area (Å²) in [5.74, 6) is -1.95. The van der Waals surface area contributed by atoms with Crippen LogP contribution in [0.1, 0.15) is 13.3 Å². The van der Waals surface area contributed by atoms with E-state index in [-0.39, 0.29) is 12.0 Å². The zero-order chi connectivity index (χ0) is 20.7. The summed E-state index contributed by atoms with van der Waals surface area (Å²) in [6.07, 6.45) is 2.64. The summed E-state index contributed by atoms with van der Waals surface area (Å²) in [5.41, 5.74) is 0. The van der Waals surface area contributed by atoms with Gasteiger partial charge in [-0.1, -0.05) is 0 Å². The zero-order valence-corrected chi connectivity index (χ0v) is 16.0. The lowest BCUT2D eigenvalue weighted by molar-refractivity contribution is -0.143. The molecule has 1 unspecified atom stereocenters. The fourth-order valence-corrected chi connectivity index (χ4v) is 2.09. The van der Waals surface area contributed by atoms with Crippen molar-refractivity contribution in [2.24, 2.45) is 0 Å². The number of rotatable bonds is 10. The van der Waals surface area contributed by atoms with Crippen LogP contribution in [-0.4, -0.2) is 98.9 Å². The van der Waals surface area contributed by atoms with Crippen molar-refractivity contribution in [3.8, 4) is 0 Å². The van der Waals surface area contributed by atoms with Gasteiger partial charge in [0.15, 0.2) is 0 Å². The molecule has 1 saturated heterocycles. The summed E-state index contributed by atoms with van der Waals surface area (Å²) in [5, 5.41) is 8.29. The number of hydrogen-bond donors (Lipinski definition) is 1. The predicted octanol–water partition coefficient (Wildman–Crippen LogP) is -0.471. The highest BCUT2D eigenvalue weighted by Gasteiger charge is 2.26. The Bertz CT molecular complexity index is 501. The van der Waals surface area contributed by atoms with Crippen LogP contribution < -0.4 is 0 Å². The second kappa shape index (κ2) is 14.7. The van der Waals surface area contributed by atoms with Crippen LogP contribution in [0.3, 0.4) is 0 Å². The molecule has 0 aromatic heterocycles. The molecule has 10 heteroatoms. The summed E-state index contributed by atoms with van der Waals surface area (Å²) in [6, 6.07) is 0. The van der Waals surface area contributed by atoms with Gasteiger partial charge in [-0.25, -0.2) is 9.59 Å². The average molecular weight is 388 g/mol. The maximum absolute atomic E-state index is 11.1.